The predicted molar refractivity (Wildman–Crippen MR) is 87.3 cm³/mol. The molecule has 122 valence electrons. The van der Waals surface area contributed by atoms with Crippen molar-refractivity contribution in [2.24, 2.45) is 11.8 Å². The predicted octanol–water partition coefficient (Wildman–Crippen LogP) is 2.00. The van der Waals surface area contributed by atoms with E-state index in [0.29, 0.717) is 0 Å². The van der Waals surface area contributed by atoms with Gasteiger partial charge in [0.2, 0.25) is 5.91 Å². The van der Waals surface area contributed by atoms with E-state index in [1.807, 2.05) is 0 Å². The highest BCUT2D eigenvalue weighted by Gasteiger charge is 2.32. The molecular weight excluding hydrogens is 262 g/mol. The van der Waals surface area contributed by atoms with E-state index in [0.717, 1.165) is 38.4 Å². The van der Waals surface area contributed by atoms with E-state index in [-0.39, 0.29) is 17.4 Å². The van der Waals surface area contributed by atoms with Gasteiger partial charge in [-0.05, 0) is 58.5 Å². The molecule has 2 unspecified atom stereocenters. The van der Waals surface area contributed by atoms with Crippen molar-refractivity contribution >= 4 is 5.91 Å². The Morgan fingerprint density at radius 3 is 2.81 bits per heavy atom. The van der Waals surface area contributed by atoms with Crippen molar-refractivity contribution in [2.75, 3.05) is 32.7 Å². The number of piperidine rings is 2. The minimum absolute atomic E-state index is 0.0611. The van der Waals surface area contributed by atoms with Gasteiger partial charge in [-0.1, -0.05) is 13.3 Å². The highest BCUT2D eigenvalue weighted by atomic mass is 16.1. The molecule has 0 saturated carbocycles. The van der Waals surface area contributed by atoms with Crippen LogP contribution in [-0.4, -0.2) is 49.1 Å². The lowest BCUT2D eigenvalue weighted by Crippen LogP contribution is -2.55. The van der Waals surface area contributed by atoms with Gasteiger partial charge in [-0.2, -0.15) is 0 Å². The molecule has 0 bridgehead atoms. The van der Waals surface area contributed by atoms with Crippen molar-refractivity contribution in [1.29, 1.82) is 0 Å². The maximum Gasteiger partial charge on any atom is 0.224 e. The van der Waals surface area contributed by atoms with Crippen LogP contribution in [0.25, 0.3) is 0 Å². The van der Waals surface area contributed by atoms with Gasteiger partial charge in [0.25, 0.3) is 0 Å². The summed E-state index contributed by atoms with van der Waals surface area (Å²) in [5, 5.41) is 6.52. The molecule has 0 aliphatic carbocycles. The van der Waals surface area contributed by atoms with E-state index in [4.69, 9.17) is 0 Å². The van der Waals surface area contributed by atoms with Crippen LogP contribution in [-0.2, 0) is 4.79 Å². The summed E-state index contributed by atoms with van der Waals surface area (Å²) < 4.78 is 0. The third-order valence-corrected chi connectivity index (χ3v) is 5.32. The molecule has 0 aromatic carbocycles. The second-order valence-corrected chi connectivity index (χ2v) is 7.44. The van der Waals surface area contributed by atoms with Crippen LogP contribution >= 0.6 is 0 Å². The number of likely N-dealkylation sites (tertiary alicyclic amines) is 1. The van der Waals surface area contributed by atoms with Gasteiger partial charge in [0.05, 0.1) is 5.92 Å². The van der Waals surface area contributed by atoms with Gasteiger partial charge < -0.3 is 10.6 Å². The first-order chi connectivity index (χ1) is 10.0. The van der Waals surface area contributed by atoms with Crippen molar-refractivity contribution < 1.29 is 4.79 Å². The molecule has 2 aliphatic rings. The molecule has 0 radical (unpaired) electrons. The van der Waals surface area contributed by atoms with Crippen LogP contribution in [0.5, 0.6) is 0 Å². The molecule has 2 fully saturated rings. The molecule has 21 heavy (non-hydrogen) atoms. The van der Waals surface area contributed by atoms with Crippen LogP contribution in [0.2, 0.25) is 0 Å². The maximum absolute atomic E-state index is 12.3. The molecule has 2 rings (SSSR count). The second-order valence-electron chi connectivity index (χ2n) is 7.44. The van der Waals surface area contributed by atoms with Crippen LogP contribution < -0.4 is 10.6 Å². The molecule has 2 heterocycles. The molecule has 2 aliphatic heterocycles. The largest absolute Gasteiger partial charge is 0.354 e. The van der Waals surface area contributed by atoms with Crippen molar-refractivity contribution in [1.82, 2.24) is 15.5 Å². The minimum atomic E-state index is 0.0611. The van der Waals surface area contributed by atoms with Crippen LogP contribution in [0.4, 0.5) is 0 Å². The number of rotatable bonds is 5. The van der Waals surface area contributed by atoms with E-state index >= 15 is 0 Å². The van der Waals surface area contributed by atoms with Gasteiger partial charge >= 0.3 is 0 Å². The van der Waals surface area contributed by atoms with E-state index in [9.17, 15) is 4.79 Å². The fourth-order valence-electron chi connectivity index (χ4n) is 3.58. The smallest absolute Gasteiger partial charge is 0.224 e. The Morgan fingerprint density at radius 1 is 1.33 bits per heavy atom. The number of hydrogen-bond donors (Lipinski definition) is 2. The van der Waals surface area contributed by atoms with Crippen LogP contribution in [0.3, 0.4) is 0 Å². The van der Waals surface area contributed by atoms with Gasteiger partial charge in [0.15, 0.2) is 0 Å². The number of carbonyl (C=O) groups excluding carboxylic acids is 1. The number of amides is 1. The summed E-state index contributed by atoms with van der Waals surface area (Å²) in [7, 11) is 0. The molecule has 2 saturated heterocycles. The van der Waals surface area contributed by atoms with Crippen molar-refractivity contribution in [3.8, 4) is 0 Å². The summed E-state index contributed by atoms with van der Waals surface area (Å²) in [5.41, 5.74) is 0.0611. The average Bonchev–Trinajstić information content (AvgIpc) is 2.53. The summed E-state index contributed by atoms with van der Waals surface area (Å²) in [4.78, 5) is 14.9. The van der Waals surface area contributed by atoms with Crippen molar-refractivity contribution in [3.63, 3.8) is 0 Å². The summed E-state index contributed by atoms with van der Waals surface area (Å²) in [5.74, 6) is 1.23. The molecular formula is C17H33N3O. The van der Waals surface area contributed by atoms with Gasteiger partial charge in [0.1, 0.15) is 0 Å². The normalized spacial score (nSPS) is 28.3. The molecule has 0 spiro atoms. The Labute approximate surface area is 130 Å². The molecule has 4 nitrogen and oxygen atoms in total. The monoisotopic (exact) mass is 295 g/mol. The summed E-state index contributed by atoms with van der Waals surface area (Å²) in [6.07, 6.45) is 6.07. The van der Waals surface area contributed by atoms with Crippen molar-refractivity contribution in [2.45, 2.75) is 58.4 Å². The second kappa shape index (κ2) is 7.59. The van der Waals surface area contributed by atoms with Crippen LogP contribution in [0.1, 0.15) is 52.9 Å². The zero-order valence-corrected chi connectivity index (χ0v) is 14.1. The van der Waals surface area contributed by atoms with E-state index in [1.54, 1.807) is 0 Å². The first-order valence-electron chi connectivity index (χ1n) is 8.76. The van der Waals surface area contributed by atoms with Crippen LogP contribution in [0, 0.1) is 11.8 Å². The molecule has 0 aromatic rings. The number of nitrogens with zero attached hydrogens (tertiary/aromatic N) is 1. The van der Waals surface area contributed by atoms with Gasteiger partial charge in [0, 0.05) is 25.2 Å². The minimum Gasteiger partial charge on any atom is -0.354 e. The Morgan fingerprint density at radius 2 is 2.14 bits per heavy atom. The maximum atomic E-state index is 12.3. The third kappa shape index (κ3) is 4.68. The Kier molecular flexibility index (Phi) is 6.06. The molecule has 2 N–H and O–H groups in total. The number of carbonyl (C=O) groups is 1. The molecule has 2 atom stereocenters. The lowest BCUT2D eigenvalue weighted by atomic mass is 9.90. The van der Waals surface area contributed by atoms with E-state index < -0.39 is 0 Å². The zero-order valence-electron chi connectivity index (χ0n) is 14.1. The fraction of sp³-hybridized carbons (Fsp3) is 0.941. The summed E-state index contributed by atoms with van der Waals surface area (Å²) >= 11 is 0. The Bertz CT molecular complexity index is 337. The first-order valence-corrected chi connectivity index (χ1v) is 8.76. The van der Waals surface area contributed by atoms with Gasteiger partial charge in [-0.3, -0.25) is 9.69 Å². The topological polar surface area (TPSA) is 44.4 Å². The summed E-state index contributed by atoms with van der Waals surface area (Å²) in [6, 6.07) is 0. The lowest BCUT2D eigenvalue weighted by molar-refractivity contribution is -0.126. The molecule has 1 amide bonds. The standard InChI is InChI=1S/C17H33N3O/c1-4-14-7-6-10-20(12-14)17(2,3)13-19-16(21)15-8-5-9-18-11-15/h14-15,18H,4-13H2,1-3H3,(H,19,21). The fourth-order valence-corrected chi connectivity index (χ4v) is 3.58. The van der Waals surface area contributed by atoms with E-state index in [1.165, 1.54) is 32.4 Å². The first kappa shape index (κ1) is 16.8. The highest BCUT2D eigenvalue weighted by Crippen LogP contribution is 2.25. The van der Waals surface area contributed by atoms with Crippen LogP contribution in [0.15, 0.2) is 0 Å². The Balaban J connectivity index is 1.81. The average molecular weight is 295 g/mol. The van der Waals surface area contributed by atoms with Crippen molar-refractivity contribution in [3.05, 3.63) is 0 Å². The van der Waals surface area contributed by atoms with E-state index in [2.05, 4.69) is 36.3 Å². The lowest BCUT2D eigenvalue weighted by Gasteiger charge is -2.43. The van der Waals surface area contributed by atoms with Gasteiger partial charge in [-0.15, -0.1) is 0 Å². The number of nitrogens with one attached hydrogen (secondary N) is 2. The Hall–Kier alpha value is -0.610. The SMILES string of the molecule is CCC1CCCN(C(C)(C)CNC(=O)C2CCCNC2)C1. The molecule has 4 heteroatoms. The quantitative estimate of drug-likeness (QED) is 0.815. The summed E-state index contributed by atoms with van der Waals surface area (Å²) in [6.45, 7) is 11.8. The third-order valence-electron chi connectivity index (χ3n) is 5.32. The number of hydrogen-bond acceptors (Lipinski definition) is 3. The highest BCUT2D eigenvalue weighted by molar-refractivity contribution is 5.79. The molecule has 0 aromatic heterocycles. The zero-order chi connectivity index (χ0) is 15.3. The van der Waals surface area contributed by atoms with Gasteiger partial charge in [-0.25, -0.2) is 0 Å².